The van der Waals surface area contributed by atoms with Crippen LogP contribution in [0.3, 0.4) is 0 Å². The Morgan fingerprint density at radius 2 is 1.66 bits per heavy atom. The van der Waals surface area contributed by atoms with Crippen LogP contribution in [0.15, 0.2) is 72.2 Å². The molecule has 4 aromatic rings. The molecule has 2 aliphatic rings. The number of hydrogen-bond donors (Lipinski definition) is 0. The number of aryl methyl sites for hydroxylation is 1. The number of aliphatic imine (C=N–C) groups is 1. The van der Waals surface area contributed by atoms with Crippen molar-refractivity contribution in [1.82, 2.24) is 24.3 Å². The molecular formula is C24H25N7O. The molecule has 8 heteroatoms. The Morgan fingerprint density at radius 3 is 2.44 bits per heavy atom. The van der Waals surface area contributed by atoms with Crippen LogP contribution in [-0.2, 0) is 11.8 Å². The van der Waals surface area contributed by atoms with E-state index in [1.165, 1.54) is 11.3 Å². The van der Waals surface area contributed by atoms with E-state index in [0.29, 0.717) is 6.54 Å². The Hall–Kier alpha value is -3.81. The molecule has 1 saturated heterocycles. The molecule has 1 aromatic carbocycles. The van der Waals surface area contributed by atoms with Crippen molar-refractivity contribution in [2.24, 2.45) is 12.0 Å². The fraction of sp³-hybridized carbons (Fsp3) is 0.292. The maximum atomic E-state index is 6.17. The van der Waals surface area contributed by atoms with Gasteiger partial charge in [0, 0.05) is 56.7 Å². The van der Waals surface area contributed by atoms with Gasteiger partial charge in [0.05, 0.1) is 30.1 Å². The first-order valence-corrected chi connectivity index (χ1v) is 11.0. The van der Waals surface area contributed by atoms with Gasteiger partial charge in [0.25, 0.3) is 6.02 Å². The summed E-state index contributed by atoms with van der Waals surface area (Å²) in [7, 11) is 1.93. The molecule has 6 rings (SSSR count). The lowest BCUT2D eigenvalue weighted by molar-refractivity contribution is 0.182. The Balaban J connectivity index is 1.13. The van der Waals surface area contributed by atoms with Crippen LogP contribution < -0.4 is 4.90 Å². The van der Waals surface area contributed by atoms with Crippen LogP contribution in [0, 0.1) is 0 Å². The second-order valence-electron chi connectivity index (χ2n) is 8.29. The Kier molecular flexibility index (Phi) is 4.56. The number of anilines is 1. The second kappa shape index (κ2) is 7.71. The zero-order valence-electron chi connectivity index (χ0n) is 18.0. The van der Waals surface area contributed by atoms with E-state index in [9.17, 15) is 0 Å². The molecule has 3 aromatic heterocycles. The number of rotatable bonds is 3. The lowest BCUT2D eigenvalue weighted by Crippen LogP contribution is -2.49. The number of nitrogens with zero attached hydrogens (tertiary/aromatic N) is 7. The van der Waals surface area contributed by atoms with Crippen molar-refractivity contribution < 1.29 is 4.74 Å². The average Bonchev–Trinajstić information content (AvgIpc) is 3.59. The number of ether oxygens (including phenoxy) is 1. The van der Waals surface area contributed by atoms with Crippen LogP contribution in [0.25, 0.3) is 16.6 Å². The van der Waals surface area contributed by atoms with Crippen molar-refractivity contribution in [2.75, 3.05) is 37.6 Å². The highest BCUT2D eigenvalue weighted by atomic mass is 16.5. The molecule has 0 aliphatic carbocycles. The summed E-state index contributed by atoms with van der Waals surface area (Å²) in [5.74, 6) is 0. The Morgan fingerprint density at radius 1 is 0.844 bits per heavy atom. The van der Waals surface area contributed by atoms with Crippen molar-refractivity contribution in [3.05, 3.63) is 72.8 Å². The van der Waals surface area contributed by atoms with Gasteiger partial charge in [0.15, 0.2) is 0 Å². The lowest BCUT2D eigenvalue weighted by Gasteiger charge is -2.36. The molecule has 0 amide bonds. The normalized spacial score (nSPS) is 18.8. The molecule has 5 heterocycles. The third-order valence-corrected chi connectivity index (χ3v) is 6.24. The smallest absolute Gasteiger partial charge is 0.288 e. The van der Waals surface area contributed by atoms with Crippen LogP contribution in [0.4, 0.5) is 5.69 Å². The van der Waals surface area contributed by atoms with Crippen LogP contribution in [0.2, 0.25) is 0 Å². The number of fused-ring (bicyclic) bond motifs is 1. The van der Waals surface area contributed by atoms with E-state index in [-0.39, 0.29) is 6.10 Å². The van der Waals surface area contributed by atoms with Crippen LogP contribution in [0.5, 0.6) is 0 Å². The van der Waals surface area contributed by atoms with E-state index in [1.807, 2.05) is 53.0 Å². The van der Waals surface area contributed by atoms with Crippen molar-refractivity contribution >= 4 is 17.2 Å². The van der Waals surface area contributed by atoms with Crippen molar-refractivity contribution in [2.45, 2.75) is 6.10 Å². The molecule has 0 radical (unpaired) electrons. The number of piperazine rings is 1. The zero-order chi connectivity index (χ0) is 21.5. The predicted octanol–water partition coefficient (Wildman–Crippen LogP) is 2.98. The molecule has 0 N–H and O–H groups in total. The van der Waals surface area contributed by atoms with Gasteiger partial charge in [0.2, 0.25) is 0 Å². The minimum atomic E-state index is 0.0258. The number of amidine groups is 1. The summed E-state index contributed by atoms with van der Waals surface area (Å²) in [6.07, 6.45) is 7.95. The van der Waals surface area contributed by atoms with Crippen LogP contribution >= 0.6 is 0 Å². The van der Waals surface area contributed by atoms with E-state index in [4.69, 9.17) is 4.74 Å². The van der Waals surface area contributed by atoms with Gasteiger partial charge in [0.1, 0.15) is 6.10 Å². The highest BCUT2D eigenvalue weighted by Gasteiger charge is 2.28. The topological polar surface area (TPSA) is 63.2 Å². The fourth-order valence-electron chi connectivity index (χ4n) is 4.47. The quantitative estimate of drug-likeness (QED) is 0.503. The van der Waals surface area contributed by atoms with E-state index in [1.54, 1.807) is 0 Å². The van der Waals surface area contributed by atoms with Gasteiger partial charge >= 0.3 is 0 Å². The zero-order valence-corrected chi connectivity index (χ0v) is 18.0. The summed E-state index contributed by atoms with van der Waals surface area (Å²) in [4.78, 5) is 9.32. The van der Waals surface area contributed by atoms with Crippen molar-refractivity contribution in [3.63, 3.8) is 0 Å². The molecule has 0 spiro atoms. The summed E-state index contributed by atoms with van der Waals surface area (Å²) < 4.78 is 9.94. The molecule has 2 aliphatic heterocycles. The Labute approximate surface area is 186 Å². The van der Waals surface area contributed by atoms with Gasteiger partial charge in [-0.15, -0.1) is 0 Å². The predicted molar refractivity (Wildman–Crippen MR) is 124 cm³/mol. The standard InChI is InChI=1S/C24H25N7O/c1-28-16-20(13-26-28)19-7-8-21-22(14-27-31(21)17-19)29-9-11-30(12-10-29)24-25-15-23(32-24)18-5-3-2-4-6-18/h2-8,13-14,16-17,23H,9-12,15H2,1H3. The fourth-order valence-corrected chi connectivity index (χ4v) is 4.47. The maximum absolute atomic E-state index is 6.17. The number of benzene rings is 1. The molecule has 0 saturated carbocycles. The molecule has 1 unspecified atom stereocenters. The third-order valence-electron chi connectivity index (χ3n) is 6.24. The summed E-state index contributed by atoms with van der Waals surface area (Å²) in [6.45, 7) is 4.26. The van der Waals surface area contributed by atoms with Crippen molar-refractivity contribution in [3.8, 4) is 11.1 Å². The van der Waals surface area contributed by atoms with E-state index >= 15 is 0 Å². The van der Waals surface area contributed by atoms with Crippen LogP contribution in [-0.4, -0.2) is 63.0 Å². The largest absolute Gasteiger partial charge is 0.455 e. The minimum Gasteiger partial charge on any atom is -0.455 e. The first-order valence-electron chi connectivity index (χ1n) is 11.0. The molecule has 0 bridgehead atoms. The summed E-state index contributed by atoms with van der Waals surface area (Å²) in [5, 5.41) is 8.88. The van der Waals surface area contributed by atoms with Gasteiger partial charge in [-0.25, -0.2) is 9.51 Å². The molecule has 162 valence electrons. The van der Waals surface area contributed by atoms with E-state index in [0.717, 1.165) is 48.8 Å². The first kappa shape index (κ1) is 18.9. The number of hydrogen-bond acceptors (Lipinski definition) is 6. The molecule has 1 fully saturated rings. The highest BCUT2D eigenvalue weighted by molar-refractivity contribution is 5.78. The molecular weight excluding hydrogens is 402 g/mol. The van der Waals surface area contributed by atoms with Crippen molar-refractivity contribution in [1.29, 1.82) is 0 Å². The number of aromatic nitrogens is 4. The maximum Gasteiger partial charge on any atom is 0.288 e. The highest BCUT2D eigenvalue weighted by Crippen LogP contribution is 2.28. The van der Waals surface area contributed by atoms with Gasteiger partial charge in [-0.2, -0.15) is 10.2 Å². The SMILES string of the molecule is Cn1cc(-c2ccc3c(N4CCN(C5=NCC(c6ccccc6)O5)CC4)cnn3c2)cn1. The third kappa shape index (κ3) is 3.37. The summed E-state index contributed by atoms with van der Waals surface area (Å²) >= 11 is 0. The van der Waals surface area contributed by atoms with E-state index < -0.39 is 0 Å². The number of pyridine rings is 1. The van der Waals surface area contributed by atoms with E-state index in [2.05, 4.69) is 55.5 Å². The van der Waals surface area contributed by atoms with Crippen LogP contribution in [0.1, 0.15) is 11.7 Å². The average molecular weight is 428 g/mol. The van der Waals surface area contributed by atoms with Gasteiger partial charge < -0.3 is 14.5 Å². The molecule has 1 atom stereocenters. The molecule has 8 nitrogen and oxygen atoms in total. The second-order valence-corrected chi connectivity index (χ2v) is 8.29. The summed E-state index contributed by atoms with van der Waals surface area (Å²) in [5.41, 5.74) is 5.66. The minimum absolute atomic E-state index is 0.0258. The first-order chi connectivity index (χ1) is 15.7. The lowest BCUT2D eigenvalue weighted by atomic mass is 10.1. The monoisotopic (exact) mass is 427 g/mol. The van der Waals surface area contributed by atoms with Gasteiger partial charge in [-0.3, -0.25) is 4.68 Å². The van der Waals surface area contributed by atoms with Gasteiger partial charge in [-0.05, 0) is 11.6 Å². The van der Waals surface area contributed by atoms with Gasteiger partial charge in [-0.1, -0.05) is 36.4 Å². The summed E-state index contributed by atoms with van der Waals surface area (Å²) in [6, 6.07) is 15.4. The molecule has 32 heavy (non-hydrogen) atoms. The Bertz CT molecular complexity index is 1270.